The number of hydrogen-bond acceptors (Lipinski definition) is 7. The lowest BCUT2D eigenvalue weighted by molar-refractivity contribution is 0.102. The molecule has 1 aliphatic rings. The van der Waals surface area contributed by atoms with Gasteiger partial charge < -0.3 is 25.4 Å². The number of hydrogen-bond donors (Lipinski definition) is 3. The van der Waals surface area contributed by atoms with E-state index in [0.29, 0.717) is 34.4 Å². The van der Waals surface area contributed by atoms with Gasteiger partial charge in [-0.3, -0.25) is 4.79 Å². The van der Waals surface area contributed by atoms with Crippen LogP contribution in [0.2, 0.25) is 0 Å². The first-order valence-electron chi connectivity index (χ1n) is 9.28. The van der Waals surface area contributed by atoms with Crippen molar-refractivity contribution in [2.45, 2.75) is 13.8 Å². The fraction of sp³-hybridized carbons (Fsp3) is 0.190. The summed E-state index contributed by atoms with van der Waals surface area (Å²) in [4.78, 5) is 21.2. The number of amides is 1. The topological polar surface area (TPSA) is 97.4 Å². The zero-order valence-corrected chi connectivity index (χ0v) is 16.2. The van der Waals surface area contributed by atoms with Gasteiger partial charge in [-0.25, -0.2) is 9.97 Å². The summed E-state index contributed by atoms with van der Waals surface area (Å²) in [6.07, 6.45) is 0. The van der Waals surface area contributed by atoms with E-state index in [1.165, 1.54) is 0 Å². The Morgan fingerprint density at radius 1 is 0.966 bits per heavy atom. The lowest BCUT2D eigenvalue weighted by Gasteiger charge is -2.10. The summed E-state index contributed by atoms with van der Waals surface area (Å²) in [5.74, 6) is 3.16. The van der Waals surface area contributed by atoms with Crippen LogP contribution < -0.4 is 25.4 Å². The van der Waals surface area contributed by atoms with Crippen molar-refractivity contribution in [1.82, 2.24) is 9.97 Å². The maximum absolute atomic E-state index is 12.5. The Morgan fingerprint density at radius 2 is 1.69 bits per heavy atom. The molecule has 8 heteroatoms. The van der Waals surface area contributed by atoms with Gasteiger partial charge >= 0.3 is 0 Å². The van der Waals surface area contributed by atoms with Crippen molar-refractivity contribution < 1.29 is 14.3 Å². The second kappa shape index (κ2) is 8.05. The number of nitrogens with zero attached hydrogens (tertiary/aromatic N) is 2. The molecule has 2 aromatic carbocycles. The molecule has 0 spiro atoms. The molecule has 0 saturated heterocycles. The highest BCUT2D eigenvalue weighted by Crippen LogP contribution is 2.32. The first kappa shape index (κ1) is 18.5. The molecule has 1 amide bonds. The van der Waals surface area contributed by atoms with Gasteiger partial charge in [0.2, 0.25) is 6.79 Å². The fourth-order valence-electron chi connectivity index (χ4n) is 2.93. The largest absolute Gasteiger partial charge is 0.454 e. The molecule has 148 valence electrons. The molecule has 1 aliphatic heterocycles. The molecule has 0 fully saturated rings. The minimum Gasteiger partial charge on any atom is -0.454 e. The summed E-state index contributed by atoms with van der Waals surface area (Å²) in [5, 5.41) is 9.31. The van der Waals surface area contributed by atoms with Crippen molar-refractivity contribution >= 4 is 28.9 Å². The summed E-state index contributed by atoms with van der Waals surface area (Å²) in [6.45, 7) is 4.83. The van der Waals surface area contributed by atoms with Crippen molar-refractivity contribution in [3.05, 3.63) is 59.9 Å². The number of fused-ring (bicyclic) bond motifs is 1. The Bertz CT molecular complexity index is 1040. The van der Waals surface area contributed by atoms with E-state index in [-0.39, 0.29) is 12.7 Å². The molecule has 0 unspecified atom stereocenters. The van der Waals surface area contributed by atoms with E-state index < -0.39 is 0 Å². The van der Waals surface area contributed by atoms with Gasteiger partial charge in [0.15, 0.2) is 11.5 Å². The van der Waals surface area contributed by atoms with Gasteiger partial charge in [0.25, 0.3) is 5.91 Å². The Morgan fingerprint density at radius 3 is 2.48 bits per heavy atom. The average molecular weight is 391 g/mol. The monoisotopic (exact) mass is 391 g/mol. The molecule has 3 N–H and O–H groups in total. The van der Waals surface area contributed by atoms with Crippen LogP contribution >= 0.6 is 0 Å². The normalized spacial score (nSPS) is 11.8. The molecule has 2 heterocycles. The van der Waals surface area contributed by atoms with Crippen LogP contribution in [-0.2, 0) is 0 Å². The Hall–Kier alpha value is -3.81. The fourth-order valence-corrected chi connectivity index (χ4v) is 2.93. The third-order valence-corrected chi connectivity index (χ3v) is 4.25. The van der Waals surface area contributed by atoms with Crippen molar-refractivity contribution in [3.63, 3.8) is 0 Å². The second-order valence-electron chi connectivity index (χ2n) is 6.44. The van der Waals surface area contributed by atoms with Gasteiger partial charge in [-0.1, -0.05) is 0 Å². The summed E-state index contributed by atoms with van der Waals surface area (Å²) >= 11 is 0. The number of nitrogens with one attached hydrogen (secondary N) is 3. The van der Waals surface area contributed by atoms with Gasteiger partial charge in [-0.2, -0.15) is 0 Å². The Kier molecular flexibility index (Phi) is 5.15. The van der Waals surface area contributed by atoms with Crippen LogP contribution in [0.1, 0.15) is 23.1 Å². The number of anilines is 4. The zero-order valence-electron chi connectivity index (χ0n) is 16.2. The smallest absolute Gasteiger partial charge is 0.255 e. The van der Waals surface area contributed by atoms with E-state index in [4.69, 9.17) is 9.47 Å². The number of rotatable bonds is 6. The van der Waals surface area contributed by atoms with Crippen LogP contribution in [0.3, 0.4) is 0 Å². The average Bonchev–Trinajstić information content (AvgIpc) is 3.17. The van der Waals surface area contributed by atoms with E-state index in [9.17, 15) is 4.79 Å². The molecule has 0 bridgehead atoms. The van der Waals surface area contributed by atoms with Gasteiger partial charge in [0.1, 0.15) is 17.5 Å². The maximum atomic E-state index is 12.5. The number of ether oxygens (including phenoxy) is 2. The van der Waals surface area contributed by atoms with Gasteiger partial charge in [-0.15, -0.1) is 0 Å². The summed E-state index contributed by atoms with van der Waals surface area (Å²) in [5.41, 5.74) is 2.04. The molecule has 1 aromatic heterocycles. The van der Waals surface area contributed by atoms with E-state index in [0.717, 1.165) is 18.1 Å². The summed E-state index contributed by atoms with van der Waals surface area (Å²) in [7, 11) is 0. The number of carbonyl (C=O) groups is 1. The summed E-state index contributed by atoms with van der Waals surface area (Å²) < 4.78 is 10.6. The predicted molar refractivity (Wildman–Crippen MR) is 111 cm³/mol. The number of benzene rings is 2. The van der Waals surface area contributed by atoms with E-state index in [2.05, 4.69) is 25.9 Å². The predicted octanol–water partition coefficient (Wildman–Crippen LogP) is 3.94. The number of aromatic nitrogens is 2. The minimum atomic E-state index is -0.217. The summed E-state index contributed by atoms with van der Waals surface area (Å²) in [6, 6.07) is 14.4. The molecule has 0 aliphatic carbocycles. The lowest BCUT2D eigenvalue weighted by Crippen LogP contribution is -2.11. The van der Waals surface area contributed by atoms with Crippen LogP contribution in [0.15, 0.2) is 48.5 Å². The van der Waals surface area contributed by atoms with Gasteiger partial charge in [-0.05, 0) is 56.3 Å². The van der Waals surface area contributed by atoms with E-state index in [1.54, 1.807) is 18.2 Å². The molecule has 0 radical (unpaired) electrons. The number of aryl methyl sites for hydroxylation is 1. The van der Waals surface area contributed by atoms with E-state index >= 15 is 0 Å². The molecule has 0 atom stereocenters. The van der Waals surface area contributed by atoms with Crippen molar-refractivity contribution in [3.8, 4) is 11.5 Å². The molecule has 0 saturated carbocycles. The second-order valence-corrected chi connectivity index (χ2v) is 6.44. The third kappa shape index (κ3) is 4.37. The quantitative estimate of drug-likeness (QED) is 0.585. The van der Waals surface area contributed by atoms with E-state index in [1.807, 2.05) is 44.2 Å². The van der Waals surface area contributed by atoms with Crippen LogP contribution in [0, 0.1) is 6.92 Å². The molecular weight excluding hydrogens is 370 g/mol. The lowest BCUT2D eigenvalue weighted by atomic mass is 10.2. The molecule has 3 aromatic rings. The highest BCUT2D eigenvalue weighted by Gasteiger charge is 2.16. The molecular formula is C21H21N5O3. The van der Waals surface area contributed by atoms with Crippen molar-refractivity contribution in [2.75, 3.05) is 29.3 Å². The van der Waals surface area contributed by atoms with Crippen molar-refractivity contribution in [1.29, 1.82) is 0 Å². The van der Waals surface area contributed by atoms with Crippen molar-refractivity contribution in [2.24, 2.45) is 0 Å². The van der Waals surface area contributed by atoms with Crippen LogP contribution in [0.5, 0.6) is 11.5 Å². The zero-order chi connectivity index (χ0) is 20.2. The van der Waals surface area contributed by atoms with Crippen LogP contribution in [0.4, 0.5) is 23.0 Å². The van der Waals surface area contributed by atoms with Crippen LogP contribution in [0.25, 0.3) is 0 Å². The minimum absolute atomic E-state index is 0.177. The Labute approximate surface area is 168 Å². The number of carbonyl (C=O) groups excluding carboxylic acids is 1. The first-order chi connectivity index (χ1) is 14.1. The highest BCUT2D eigenvalue weighted by atomic mass is 16.7. The maximum Gasteiger partial charge on any atom is 0.255 e. The van der Waals surface area contributed by atoms with Crippen LogP contribution in [-0.4, -0.2) is 29.2 Å². The van der Waals surface area contributed by atoms with Gasteiger partial charge in [0.05, 0.1) is 0 Å². The SMILES string of the molecule is CCNc1cc(Nc2ccc(NC(=O)c3ccc4c(c3)OCO4)cc2)nc(C)n1. The molecule has 4 rings (SSSR count). The standard InChI is InChI=1S/C21H21N5O3/c1-3-22-19-11-20(24-13(2)23-19)25-15-5-7-16(8-6-15)26-21(27)14-4-9-17-18(10-14)29-12-28-17/h4-11H,3,12H2,1-2H3,(H,26,27)(H2,22,23,24,25). The highest BCUT2D eigenvalue weighted by molar-refractivity contribution is 6.04. The third-order valence-electron chi connectivity index (χ3n) is 4.25. The molecule has 8 nitrogen and oxygen atoms in total. The van der Waals surface area contributed by atoms with Gasteiger partial charge in [0, 0.05) is 29.5 Å². The molecule has 29 heavy (non-hydrogen) atoms. The Balaban J connectivity index is 1.42. The first-order valence-corrected chi connectivity index (χ1v) is 9.28.